The predicted octanol–water partition coefficient (Wildman–Crippen LogP) is -1.07. The van der Waals surface area contributed by atoms with Crippen LogP contribution >= 0.6 is 0 Å². The minimum Gasteiger partial charge on any atom is -0.479 e. The molecule has 0 aliphatic carbocycles. The van der Waals surface area contributed by atoms with Crippen LogP contribution in [0.5, 0.6) is 0 Å². The highest BCUT2D eigenvalue weighted by Crippen LogP contribution is 2.03. The Labute approximate surface area is 104 Å². The number of nitrogens with one attached hydrogen (secondary N) is 2. The maximum absolute atomic E-state index is 11.4. The lowest BCUT2D eigenvalue weighted by molar-refractivity contribution is -0.146. The van der Waals surface area contributed by atoms with Crippen molar-refractivity contribution in [3.8, 4) is 0 Å². The molecule has 18 heavy (non-hydrogen) atoms. The van der Waals surface area contributed by atoms with Crippen LogP contribution in [0.1, 0.15) is 13.8 Å². The molecule has 0 saturated carbocycles. The first-order valence-corrected chi connectivity index (χ1v) is 5.32. The molecule has 0 saturated heterocycles. The first-order valence-electron chi connectivity index (χ1n) is 5.32. The third-order valence-corrected chi connectivity index (χ3v) is 2.15. The number of rotatable bonds is 6. The number of aliphatic carboxylic acids is 1. The molecule has 0 bridgehead atoms. The van der Waals surface area contributed by atoms with Gasteiger partial charge in [0, 0.05) is 0 Å². The number of urea groups is 1. The molecule has 0 heterocycles. The minimum atomic E-state index is -1.69. The van der Waals surface area contributed by atoms with E-state index in [1.807, 2.05) is 0 Å². The second kappa shape index (κ2) is 7.49. The molecular weight excluding hydrogens is 244 g/mol. The van der Waals surface area contributed by atoms with Crippen LogP contribution < -0.4 is 10.6 Å². The fourth-order valence-electron chi connectivity index (χ4n) is 1.09. The lowest BCUT2D eigenvalue weighted by atomic mass is 10.1. The Balaban J connectivity index is 4.27. The number of aliphatic hydroxyl groups is 1. The van der Waals surface area contributed by atoms with E-state index in [-0.39, 0.29) is 5.92 Å². The molecule has 0 spiro atoms. The van der Waals surface area contributed by atoms with Gasteiger partial charge in [-0.25, -0.2) is 14.4 Å². The molecule has 0 aliphatic heterocycles. The van der Waals surface area contributed by atoms with E-state index < -0.39 is 36.7 Å². The van der Waals surface area contributed by atoms with Crippen LogP contribution in [0.4, 0.5) is 4.79 Å². The zero-order chi connectivity index (χ0) is 14.3. The molecule has 2 amide bonds. The number of carbonyl (C=O) groups excluding carboxylic acids is 2. The van der Waals surface area contributed by atoms with Crippen molar-refractivity contribution in [3.63, 3.8) is 0 Å². The molecule has 0 aliphatic rings. The average molecular weight is 262 g/mol. The van der Waals surface area contributed by atoms with Crippen molar-refractivity contribution in [2.24, 2.45) is 5.92 Å². The topological polar surface area (TPSA) is 125 Å². The Kier molecular flexibility index (Phi) is 6.73. The Morgan fingerprint density at radius 2 is 1.83 bits per heavy atom. The first kappa shape index (κ1) is 16.2. The van der Waals surface area contributed by atoms with Crippen molar-refractivity contribution in [2.45, 2.75) is 26.0 Å². The van der Waals surface area contributed by atoms with Crippen LogP contribution in [-0.2, 0) is 14.3 Å². The summed E-state index contributed by atoms with van der Waals surface area (Å²) in [5.74, 6) is -2.23. The Hall–Kier alpha value is -1.83. The second-order valence-electron chi connectivity index (χ2n) is 3.95. The van der Waals surface area contributed by atoms with E-state index in [0.717, 1.165) is 0 Å². The first-order chi connectivity index (χ1) is 8.29. The molecule has 0 aromatic carbocycles. The molecular formula is C10H18N2O6. The van der Waals surface area contributed by atoms with Crippen molar-refractivity contribution >= 4 is 18.0 Å². The Bertz CT molecular complexity index is 317. The fraction of sp³-hybridized carbons (Fsp3) is 0.700. The smallest absolute Gasteiger partial charge is 0.334 e. The van der Waals surface area contributed by atoms with Gasteiger partial charge in [-0.15, -0.1) is 0 Å². The molecule has 0 aromatic rings. The summed E-state index contributed by atoms with van der Waals surface area (Å²) in [5.41, 5.74) is 0. The summed E-state index contributed by atoms with van der Waals surface area (Å²) in [7, 11) is 1.20. The molecule has 8 nitrogen and oxygen atoms in total. The van der Waals surface area contributed by atoms with E-state index in [1.165, 1.54) is 7.11 Å². The number of hydrogen-bond donors (Lipinski definition) is 4. The van der Waals surface area contributed by atoms with E-state index >= 15 is 0 Å². The molecule has 0 rings (SSSR count). The van der Waals surface area contributed by atoms with E-state index in [0.29, 0.717) is 0 Å². The largest absolute Gasteiger partial charge is 0.479 e. The molecule has 0 radical (unpaired) electrons. The van der Waals surface area contributed by atoms with Crippen LogP contribution in [0.15, 0.2) is 0 Å². The number of carbonyl (C=O) groups is 3. The van der Waals surface area contributed by atoms with Crippen LogP contribution in [0.2, 0.25) is 0 Å². The van der Waals surface area contributed by atoms with Crippen molar-refractivity contribution < 1.29 is 29.3 Å². The van der Waals surface area contributed by atoms with Crippen molar-refractivity contribution in [3.05, 3.63) is 0 Å². The van der Waals surface area contributed by atoms with Gasteiger partial charge >= 0.3 is 18.0 Å². The predicted molar refractivity (Wildman–Crippen MR) is 60.8 cm³/mol. The highest BCUT2D eigenvalue weighted by Gasteiger charge is 2.25. The summed E-state index contributed by atoms with van der Waals surface area (Å²) >= 11 is 0. The van der Waals surface area contributed by atoms with E-state index in [9.17, 15) is 14.4 Å². The number of carboxylic acids is 1. The van der Waals surface area contributed by atoms with Crippen molar-refractivity contribution in [2.75, 3.05) is 13.7 Å². The maximum Gasteiger partial charge on any atom is 0.334 e. The Morgan fingerprint density at radius 3 is 2.22 bits per heavy atom. The molecule has 0 fully saturated rings. The highest BCUT2D eigenvalue weighted by atomic mass is 16.5. The fourth-order valence-corrected chi connectivity index (χ4v) is 1.09. The summed E-state index contributed by atoms with van der Waals surface area (Å²) in [6.07, 6.45) is -1.69. The van der Waals surface area contributed by atoms with Gasteiger partial charge in [-0.3, -0.25) is 0 Å². The van der Waals surface area contributed by atoms with E-state index in [1.54, 1.807) is 13.8 Å². The summed E-state index contributed by atoms with van der Waals surface area (Å²) in [6.45, 7) is 2.98. The van der Waals surface area contributed by atoms with Gasteiger partial charge in [-0.1, -0.05) is 13.8 Å². The molecule has 0 aromatic heterocycles. The van der Waals surface area contributed by atoms with Gasteiger partial charge in [0.15, 0.2) is 6.10 Å². The number of methoxy groups -OCH3 is 1. The third-order valence-electron chi connectivity index (χ3n) is 2.15. The molecule has 2 atom stereocenters. The zero-order valence-electron chi connectivity index (χ0n) is 10.5. The van der Waals surface area contributed by atoms with Gasteiger partial charge in [0.25, 0.3) is 0 Å². The van der Waals surface area contributed by atoms with Gasteiger partial charge in [-0.2, -0.15) is 0 Å². The lowest BCUT2D eigenvalue weighted by Gasteiger charge is -2.20. The normalized spacial score (nSPS) is 13.6. The second-order valence-corrected chi connectivity index (χ2v) is 3.95. The summed E-state index contributed by atoms with van der Waals surface area (Å²) in [5, 5.41) is 21.8. The van der Waals surface area contributed by atoms with Gasteiger partial charge < -0.3 is 25.6 Å². The SMILES string of the molecule is COC(=O)C(NC(=O)NC[C@H](O)C(=O)O)C(C)C. The third kappa shape index (κ3) is 5.48. The van der Waals surface area contributed by atoms with Crippen LogP contribution in [0, 0.1) is 5.92 Å². The molecule has 8 heteroatoms. The van der Waals surface area contributed by atoms with Crippen LogP contribution in [0.25, 0.3) is 0 Å². The van der Waals surface area contributed by atoms with E-state index in [4.69, 9.17) is 10.2 Å². The maximum atomic E-state index is 11.4. The van der Waals surface area contributed by atoms with Crippen LogP contribution in [0.3, 0.4) is 0 Å². The monoisotopic (exact) mass is 262 g/mol. The summed E-state index contributed by atoms with van der Waals surface area (Å²) < 4.78 is 4.51. The number of carboxylic acid groups (broad SMARTS) is 1. The number of aliphatic hydroxyl groups excluding tert-OH is 1. The van der Waals surface area contributed by atoms with Crippen molar-refractivity contribution in [1.82, 2.24) is 10.6 Å². The quantitative estimate of drug-likeness (QED) is 0.452. The van der Waals surface area contributed by atoms with Gasteiger partial charge in [-0.05, 0) is 5.92 Å². The van der Waals surface area contributed by atoms with Crippen molar-refractivity contribution in [1.29, 1.82) is 0 Å². The molecule has 1 unspecified atom stereocenters. The summed E-state index contributed by atoms with van der Waals surface area (Å²) in [6, 6.07) is -1.59. The Morgan fingerprint density at radius 1 is 1.28 bits per heavy atom. The van der Waals surface area contributed by atoms with Crippen LogP contribution in [-0.4, -0.2) is 54.0 Å². The number of amides is 2. The molecule has 104 valence electrons. The molecule has 4 N–H and O–H groups in total. The van der Waals surface area contributed by atoms with Gasteiger partial charge in [0.2, 0.25) is 0 Å². The van der Waals surface area contributed by atoms with E-state index in [2.05, 4.69) is 15.4 Å². The van der Waals surface area contributed by atoms with Gasteiger partial charge in [0.05, 0.1) is 13.7 Å². The highest BCUT2D eigenvalue weighted by molar-refractivity contribution is 5.84. The average Bonchev–Trinajstić information content (AvgIpc) is 2.31. The van der Waals surface area contributed by atoms with Gasteiger partial charge in [0.1, 0.15) is 6.04 Å². The lowest BCUT2D eigenvalue weighted by Crippen LogP contribution is -2.50. The number of esters is 1. The number of ether oxygens (including phenoxy) is 1. The number of hydrogen-bond acceptors (Lipinski definition) is 5. The summed E-state index contributed by atoms with van der Waals surface area (Å²) in [4.78, 5) is 33.0. The standard InChI is InChI=1S/C10H18N2O6/c1-5(2)7(9(16)18-3)12-10(17)11-4-6(13)8(14)15/h5-7,13H,4H2,1-3H3,(H,14,15)(H2,11,12,17)/t6-,7?/m0/s1. The zero-order valence-corrected chi connectivity index (χ0v) is 10.5. The minimum absolute atomic E-state index is 0.187.